The average molecular weight is 846 g/mol. The van der Waals surface area contributed by atoms with E-state index in [2.05, 4.69) is 249 Å². The van der Waals surface area contributed by atoms with Gasteiger partial charge in [-0.15, -0.1) is 0 Å². The zero-order valence-corrected chi connectivity index (χ0v) is 42.3. The predicted molar refractivity (Wildman–Crippen MR) is 281 cm³/mol. The third kappa shape index (κ3) is 7.19. The number of rotatable bonds is 3. The van der Waals surface area contributed by atoms with Gasteiger partial charge < -0.3 is 14.7 Å². The molecule has 3 nitrogen and oxygen atoms in total. The first-order valence-corrected chi connectivity index (χ1v) is 23.8. The van der Waals surface area contributed by atoms with Gasteiger partial charge in [-0.2, -0.15) is 0 Å². The van der Waals surface area contributed by atoms with E-state index in [0.29, 0.717) is 0 Å². The van der Waals surface area contributed by atoms with E-state index in [0.717, 1.165) is 0 Å². The number of hydrogen-bond donors (Lipinski definition) is 0. The van der Waals surface area contributed by atoms with Crippen molar-refractivity contribution in [3.63, 3.8) is 0 Å². The second-order valence-electron chi connectivity index (χ2n) is 25.4. The molecule has 0 amide bonds. The van der Waals surface area contributed by atoms with Crippen LogP contribution in [0.1, 0.15) is 158 Å². The van der Waals surface area contributed by atoms with Crippen molar-refractivity contribution in [2.45, 2.75) is 157 Å². The molecule has 0 bridgehead atoms. The summed E-state index contributed by atoms with van der Waals surface area (Å²) in [5, 5.41) is 0. The normalized spacial score (nSPS) is 14.9. The fourth-order valence-electron chi connectivity index (χ4n) is 10.2. The van der Waals surface area contributed by atoms with Crippen LogP contribution in [0.5, 0.6) is 0 Å². The molecule has 0 N–H and O–H groups in total. The SMILES string of the molecule is CC(C)(C)c1ccc(N2c3cc(C(C)(C)C)cc4c3B3c5c2cc(C(C)(C)C)cc5N(c2ccc(C(C)(C)C)cc2)c2cc(C(C)(C)C)cc(c23)N4c2ccc(C(C)(C)C)cc2)cc1. The van der Waals surface area contributed by atoms with Gasteiger partial charge in [-0.05, 0) is 155 Å². The van der Waals surface area contributed by atoms with Crippen LogP contribution < -0.4 is 31.1 Å². The van der Waals surface area contributed by atoms with E-state index in [1.807, 2.05) is 0 Å². The summed E-state index contributed by atoms with van der Waals surface area (Å²) >= 11 is 0. The Bertz CT molecular complexity index is 2420. The maximum absolute atomic E-state index is 2.63. The molecule has 9 rings (SSSR count). The van der Waals surface area contributed by atoms with E-state index in [-0.39, 0.29) is 39.2 Å². The molecule has 4 heteroatoms. The minimum Gasteiger partial charge on any atom is -0.311 e. The summed E-state index contributed by atoms with van der Waals surface area (Å²) in [6, 6.07) is 43.6. The molecule has 0 radical (unpaired) electrons. The second kappa shape index (κ2) is 14.1. The Kier molecular flexibility index (Phi) is 9.72. The Morgan fingerprint density at radius 1 is 0.250 bits per heavy atom. The zero-order valence-electron chi connectivity index (χ0n) is 42.3. The lowest BCUT2D eigenvalue weighted by Crippen LogP contribution is -2.65. The van der Waals surface area contributed by atoms with Gasteiger partial charge in [-0.25, -0.2) is 0 Å². The van der Waals surface area contributed by atoms with Crippen molar-refractivity contribution in [2.75, 3.05) is 14.7 Å². The summed E-state index contributed by atoms with van der Waals surface area (Å²) in [5.74, 6) is 0. The summed E-state index contributed by atoms with van der Waals surface area (Å²) in [6.07, 6.45) is 0. The van der Waals surface area contributed by atoms with Crippen LogP contribution in [0.25, 0.3) is 0 Å². The van der Waals surface area contributed by atoms with E-state index in [4.69, 9.17) is 0 Å². The first kappa shape index (κ1) is 44.0. The Morgan fingerprint density at radius 2 is 0.422 bits per heavy atom. The summed E-state index contributed by atoms with van der Waals surface area (Å²) in [7, 11) is 0. The Labute approximate surface area is 387 Å². The van der Waals surface area contributed by atoms with Crippen LogP contribution in [0.2, 0.25) is 0 Å². The molecule has 3 aliphatic rings. The quantitative estimate of drug-likeness (QED) is 0.164. The maximum Gasteiger partial charge on any atom is 0.257 e. The molecule has 6 aromatic rings. The van der Waals surface area contributed by atoms with E-state index in [1.165, 1.54) is 101 Å². The second-order valence-corrected chi connectivity index (χ2v) is 25.4. The molecular weight excluding hydrogens is 773 g/mol. The fourth-order valence-corrected chi connectivity index (χ4v) is 10.2. The summed E-state index contributed by atoms with van der Waals surface area (Å²) in [5.41, 5.74) is 23.2. The lowest BCUT2D eigenvalue weighted by atomic mass is 9.31. The van der Waals surface area contributed by atoms with Gasteiger partial charge in [-0.1, -0.05) is 161 Å². The molecule has 3 aliphatic heterocycles. The van der Waals surface area contributed by atoms with Gasteiger partial charge in [0, 0.05) is 51.2 Å². The summed E-state index contributed by atoms with van der Waals surface area (Å²) in [6.45, 7) is 42.2. The molecule has 330 valence electrons. The van der Waals surface area contributed by atoms with E-state index < -0.39 is 0 Å². The number of benzene rings is 6. The standard InChI is InChI=1S/C60H72BN3/c1-55(2,3)37-19-25-43(26-20-37)62-46-31-40(58(10,11)12)33-48-52(46)61-53-47(62)32-41(59(13,14)15)34-49(53)64(45-29-23-39(24-30-45)57(7,8)9)51-36-42(60(16,17)18)35-50(54(51)61)63(48)44-27-21-38(22-28-44)56(4,5)6/h19-36H,1-18H3. The molecule has 0 aliphatic carbocycles. The van der Waals surface area contributed by atoms with E-state index >= 15 is 0 Å². The monoisotopic (exact) mass is 846 g/mol. The van der Waals surface area contributed by atoms with Crippen LogP contribution in [0.15, 0.2) is 109 Å². The molecule has 0 saturated carbocycles. The van der Waals surface area contributed by atoms with Gasteiger partial charge in [0.25, 0.3) is 6.71 Å². The highest BCUT2D eigenvalue weighted by atomic mass is 15.2. The van der Waals surface area contributed by atoms with Crippen LogP contribution in [-0.2, 0) is 32.5 Å². The van der Waals surface area contributed by atoms with Gasteiger partial charge in [0.15, 0.2) is 0 Å². The molecule has 0 atom stereocenters. The molecule has 64 heavy (non-hydrogen) atoms. The lowest BCUT2D eigenvalue weighted by Gasteiger charge is -2.50. The molecule has 3 heterocycles. The Hall–Kier alpha value is -5.22. The average Bonchev–Trinajstić information content (AvgIpc) is 3.18. The Balaban J connectivity index is 1.47. The van der Waals surface area contributed by atoms with Crippen LogP contribution in [0.3, 0.4) is 0 Å². The molecule has 6 aromatic carbocycles. The van der Waals surface area contributed by atoms with Gasteiger partial charge in [0.2, 0.25) is 0 Å². The first-order valence-electron chi connectivity index (χ1n) is 23.8. The molecule has 0 saturated heterocycles. The zero-order chi connectivity index (χ0) is 46.4. The minimum atomic E-state index is -0.102. The highest BCUT2D eigenvalue weighted by Gasteiger charge is 2.51. The van der Waals surface area contributed by atoms with Gasteiger partial charge >= 0.3 is 0 Å². The first-order chi connectivity index (χ1) is 29.5. The van der Waals surface area contributed by atoms with Crippen molar-refractivity contribution in [1.82, 2.24) is 0 Å². The third-order valence-electron chi connectivity index (χ3n) is 14.3. The molecule has 0 unspecified atom stereocenters. The Morgan fingerprint density at radius 3 is 0.578 bits per heavy atom. The van der Waals surface area contributed by atoms with Crippen LogP contribution in [0, 0.1) is 0 Å². The van der Waals surface area contributed by atoms with Crippen molar-refractivity contribution in [2.24, 2.45) is 0 Å². The van der Waals surface area contributed by atoms with E-state index in [1.54, 1.807) is 0 Å². The predicted octanol–water partition coefficient (Wildman–Crippen LogP) is 15.3. The van der Waals surface area contributed by atoms with Crippen LogP contribution in [-0.4, -0.2) is 6.71 Å². The van der Waals surface area contributed by atoms with E-state index in [9.17, 15) is 0 Å². The third-order valence-corrected chi connectivity index (χ3v) is 14.3. The topological polar surface area (TPSA) is 9.72 Å². The maximum atomic E-state index is 2.63. The highest BCUT2D eigenvalue weighted by molar-refractivity contribution is 7.02. The highest BCUT2D eigenvalue weighted by Crippen LogP contribution is 2.53. The van der Waals surface area contributed by atoms with Crippen molar-refractivity contribution in [1.29, 1.82) is 0 Å². The molecular formula is C60H72BN3. The summed E-state index contributed by atoms with van der Waals surface area (Å²) < 4.78 is 0. The van der Waals surface area contributed by atoms with Crippen molar-refractivity contribution in [3.05, 3.63) is 143 Å². The van der Waals surface area contributed by atoms with Gasteiger partial charge in [0.1, 0.15) is 0 Å². The number of hydrogen-bond acceptors (Lipinski definition) is 3. The van der Waals surface area contributed by atoms with Crippen molar-refractivity contribution < 1.29 is 0 Å². The fraction of sp³-hybridized carbons (Fsp3) is 0.400. The molecule has 0 spiro atoms. The smallest absolute Gasteiger partial charge is 0.257 e. The minimum absolute atomic E-state index is 0.0253. The molecule has 0 fully saturated rings. The number of anilines is 9. The van der Waals surface area contributed by atoms with Gasteiger partial charge in [0.05, 0.1) is 0 Å². The van der Waals surface area contributed by atoms with Crippen molar-refractivity contribution >= 4 is 74.3 Å². The van der Waals surface area contributed by atoms with Crippen LogP contribution in [0.4, 0.5) is 51.2 Å². The molecule has 0 aromatic heterocycles. The lowest BCUT2D eigenvalue weighted by molar-refractivity contribution is 0.589. The van der Waals surface area contributed by atoms with Crippen molar-refractivity contribution in [3.8, 4) is 0 Å². The summed E-state index contributed by atoms with van der Waals surface area (Å²) in [4.78, 5) is 7.89. The van der Waals surface area contributed by atoms with Crippen LogP contribution >= 0.6 is 0 Å². The largest absolute Gasteiger partial charge is 0.311 e. The van der Waals surface area contributed by atoms with Gasteiger partial charge in [-0.3, -0.25) is 0 Å². The number of nitrogens with zero attached hydrogens (tertiary/aromatic N) is 3.